The van der Waals surface area contributed by atoms with E-state index in [9.17, 15) is 20.3 Å². The fourth-order valence-electron chi connectivity index (χ4n) is 4.31. The molecule has 0 unspecified atom stereocenters. The van der Waals surface area contributed by atoms with E-state index in [2.05, 4.69) is 35.8 Å². The highest BCUT2D eigenvalue weighted by atomic mass is 35.5. The van der Waals surface area contributed by atoms with E-state index in [4.69, 9.17) is 11.6 Å². The number of azo groups is 1. The normalized spacial score (nSPS) is 11.3. The first-order valence-electron chi connectivity index (χ1n) is 12.4. The van der Waals surface area contributed by atoms with Crippen LogP contribution < -0.4 is 10.6 Å². The molecule has 206 valence electrons. The Labute approximate surface area is 242 Å². The quantitative estimate of drug-likeness (QED) is 0.0830. The number of non-ortho nitro benzene ring substituents is 1. The molecule has 0 aliphatic heterocycles. The number of hydrogen-bond donors (Lipinski definition) is 4. The summed E-state index contributed by atoms with van der Waals surface area (Å²) in [4.78, 5) is 23.2. The van der Waals surface area contributed by atoms with Crippen LogP contribution in [0.4, 0.5) is 40.3 Å². The number of aromatic hydroxyl groups is 2. The third-order valence-corrected chi connectivity index (χ3v) is 6.46. The molecular formula is C29H19ClN8O4. The SMILES string of the molecule is O=[N+]([O-])c1ccc2c(N=Nc3ccc4cc(Nc5nc(Cl)nc(Nc6ccccc6)n5)ccc4c3O)c(O)ccc2c1. The van der Waals surface area contributed by atoms with E-state index in [1.807, 2.05) is 30.3 Å². The molecular weight excluding hydrogens is 560 g/mol. The summed E-state index contributed by atoms with van der Waals surface area (Å²) < 4.78 is 0. The molecule has 0 spiro atoms. The minimum absolute atomic E-state index is 0.00910. The number of nitrogens with one attached hydrogen (secondary N) is 2. The van der Waals surface area contributed by atoms with Crippen molar-refractivity contribution in [3.63, 3.8) is 0 Å². The first kappa shape index (κ1) is 26.3. The summed E-state index contributed by atoms with van der Waals surface area (Å²) in [5, 5.41) is 49.1. The van der Waals surface area contributed by atoms with Crippen LogP contribution in [0.5, 0.6) is 11.5 Å². The van der Waals surface area contributed by atoms with Gasteiger partial charge in [-0.3, -0.25) is 10.1 Å². The number of halogens is 1. The highest BCUT2D eigenvalue weighted by molar-refractivity contribution is 6.28. The standard InChI is InChI=1S/C29H19ClN8O4/c30-27-33-28(31-18-4-2-1-3-5-18)35-29(34-27)32-19-8-10-22-16(14-19)6-12-23(26(22)40)36-37-25-21-11-9-20(38(41)42)15-17(21)7-13-24(25)39/h1-15,39-40H,(H2,31,32,33,34,35). The molecule has 13 heteroatoms. The van der Waals surface area contributed by atoms with Gasteiger partial charge in [-0.05, 0) is 70.9 Å². The molecule has 1 aromatic heterocycles. The Balaban J connectivity index is 1.26. The first-order chi connectivity index (χ1) is 20.3. The van der Waals surface area contributed by atoms with Crippen LogP contribution in [-0.4, -0.2) is 30.1 Å². The second-order valence-electron chi connectivity index (χ2n) is 9.03. The zero-order chi connectivity index (χ0) is 29.2. The molecule has 6 rings (SSSR count). The van der Waals surface area contributed by atoms with Crippen LogP contribution in [0.3, 0.4) is 0 Å². The van der Waals surface area contributed by atoms with Crippen molar-refractivity contribution >= 4 is 73.5 Å². The van der Waals surface area contributed by atoms with Gasteiger partial charge in [-0.2, -0.15) is 15.0 Å². The molecule has 12 nitrogen and oxygen atoms in total. The van der Waals surface area contributed by atoms with Gasteiger partial charge in [0.05, 0.1) is 4.92 Å². The summed E-state index contributed by atoms with van der Waals surface area (Å²) in [6.45, 7) is 0. The maximum atomic E-state index is 11.1. The number of nitro benzene ring substituents is 1. The lowest BCUT2D eigenvalue weighted by Crippen LogP contribution is -2.03. The molecule has 6 aromatic rings. The molecule has 0 radical (unpaired) electrons. The molecule has 5 aromatic carbocycles. The fraction of sp³-hybridized carbons (Fsp3) is 0. The maximum Gasteiger partial charge on any atom is 0.270 e. The van der Waals surface area contributed by atoms with E-state index >= 15 is 0 Å². The number of fused-ring (bicyclic) bond motifs is 2. The van der Waals surface area contributed by atoms with Gasteiger partial charge in [-0.25, -0.2) is 0 Å². The average molecular weight is 579 g/mol. The predicted octanol–water partition coefficient (Wildman–Crippen LogP) is 8.05. The van der Waals surface area contributed by atoms with Gasteiger partial charge in [0.25, 0.3) is 5.69 Å². The molecule has 42 heavy (non-hydrogen) atoms. The number of phenolic OH excluding ortho intramolecular Hbond substituents is 2. The number of benzene rings is 5. The smallest absolute Gasteiger partial charge is 0.270 e. The Morgan fingerprint density at radius 2 is 1.43 bits per heavy atom. The molecule has 0 saturated heterocycles. The number of phenols is 2. The minimum Gasteiger partial charge on any atom is -0.506 e. The van der Waals surface area contributed by atoms with Crippen LogP contribution in [0.2, 0.25) is 5.28 Å². The van der Waals surface area contributed by atoms with Gasteiger partial charge in [-0.15, -0.1) is 10.2 Å². The molecule has 0 atom stereocenters. The molecule has 0 fully saturated rings. The topological polar surface area (TPSA) is 171 Å². The molecule has 1 heterocycles. The monoisotopic (exact) mass is 578 g/mol. The number of rotatable bonds is 7. The van der Waals surface area contributed by atoms with E-state index in [0.717, 1.165) is 5.69 Å². The third kappa shape index (κ3) is 5.42. The van der Waals surface area contributed by atoms with E-state index in [-0.39, 0.29) is 45.7 Å². The molecule has 0 amide bonds. The van der Waals surface area contributed by atoms with E-state index in [0.29, 0.717) is 27.2 Å². The molecule has 0 aliphatic rings. The van der Waals surface area contributed by atoms with E-state index in [1.165, 1.54) is 24.3 Å². The molecule has 4 N–H and O–H groups in total. The summed E-state index contributed by atoms with van der Waals surface area (Å²) in [6.07, 6.45) is 0. The third-order valence-electron chi connectivity index (χ3n) is 6.29. The van der Waals surface area contributed by atoms with E-state index < -0.39 is 4.92 Å². The zero-order valence-corrected chi connectivity index (χ0v) is 22.2. The van der Waals surface area contributed by atoms with Crippen molar-refractivity contribution in [1.82, 2.24) is 15.0 Å². The number of hydrogen-bond acceptors (Lipinski definition) is 11. The summed E-state index contributed by atoms with van der Waals surface area (Å²) in [7, 11) is 0. The van der Waals surface area contributed by atoms with Crippen LogP contribution in [0.25, 0.3) is 21.5 Å². The van der Waals surface area contributed by atoms with Gasteiger partial charge < -0.3 is 20.8 Å². The lowest BCUT2D eigenvalue weighted by molar-refractivity contribution is -0.384. The van der Waals surface area contributed by atoms with Gasteiger partial charge in [0.2, 0.25) is 17.2 Å². The predicted molar refractivity (Wildman–Crippen MR) is 160 cm³/mol. The Hall–Kier alpha value is -5.88. The second kappa shape index (κ2) is 10.9. The Morgan fingerprint density at radius 3 is 2.19 bits per heavy atom. The van der Waals surface area contributed by atoms with Gasteiger partial charge in [0, 0.05) is 34.3 Å². The lowest BCUT2D eigenvalue weighted by Gasteiger charge is -2.10. The van der Waals surface area contributed by atoms with Crippen molar-refractivity contribution in [3.8, 4) is 11.5 Å². The Morgan fingerprint density at radius 1 is 0.738 bits per heavy atom. The van der Waals surface area contributed by atoms with Gasteiger partial charge in [0.1, 0.15) is 17.1 Å². The zero-order valence-electron chi connectivity index (χ0n) is 21.4. The Bertz CT molecular complexity index is 2020. The van der Waals surface area contributed by atoms with Crippen LogP contribution >= 0.6 is 11.6 Å². The number of nitrogens with zero attached hydrogens (tertiary/aromatic N) is 6. The summed E-state index contributed by atoms with van der Waals surface area (Å²) >= 11 is 6.11. The van der Waals surface area contributed by atoms with Crippen LogP contribution in [0, 0.1) is 10.1 Å². The van der Waals surface area contributed by atoms with Crippen molar-refractivity contribution in [2.75, 3.05) is 10.6 Å². The van der Waals surface area contributed by atoms with Crippen molar-refractivity contribution in [2.45, 2.75) is 0 Å². The highest BCUT2D eigenvalue weighted by Gasteiger charge is 2.13. The second-order valence-corrected chi connectivity index (χ2v) is 9.37. The largest absolute Gasteiger partial charge is 0.506 e. The summed E-state index contributed by atoms with van der Waals surface area (Å²) in [5.74, 6) is 0.225. The van der Waals surface area contributed by atoms with Gasteiger partial charge >= 0.3 is 0 Å². The number of anilines is 4. The van der Waals surface area contributed by atoms with E-state index in [1.54, 1.807) is 36.4 Å². The van der Waals surface area contributed by atoms with Crippen LogP contribution in [0.1, 0.15) is 0 Å². The average Bonchev–Trinajstić information content (AvgIpc) is 2.97. The van der Waals surface area contributed by atoms with Gasteiger partial charge in [0.15, 0.2) is 5.75 Å². The first-order valence-corrected chi connectivity index (χ1v) is 12.8. The minimum atomic E-state index is -0.499. The Kier molecular flexibility index (Phi) is 6.87. The van der Waals surface area contributed by atoms with Gasteiger partial charge in [-0.1, -0.05) is 30.3 Å². The van der Waals surface area contributed by atoms with Crippen molar-refractivity contribution < 1.29 is 15.1 Å². The van der Waals surface area contributed by atoms with Crippen LogP contribution in [-0.2, 0) is 0 Å². The number of nitro groups is 1. The van der Waals surface area contributed by atoms with Crippen molar-refractivity contribution in [3.05, 3.63) is 106 Å². The molecule has 0 saturated carbocycles. The summed E-state index contributed by atoms with van der Waals surface area (Å²) in [5.41, 5.74) is 1.64. The summed E-state index contributed by atoms with van der Waals surface area (Å²) in [6, 6.07) is 25.1. The molecule has 0 aliphatic carbocycles. The lowest BCUT2D eigenvalue weighted by atomic mass is 10.1. The van der Waals surface area contributed by atoms with Crippen molar-refractivity contribution in [1.29, 1.82) is 0 Å². The number of para-hydroxylation sites is 1. The highest BCUT2D eigenvalue weighted by Crippen LogP contribution is 2.40. The van der Waals surface area contributed by atoms with Crippen molar-refractivity contribution in [2.24, 2.45) is 10.2 Å². The maximum absolute atomic E-state index is 11.1. The fourth-order valence-corrected chi connectivity index (χ4v) is 4.47. The number of aromatic nitrogens is 3. The molecule has 0 bridgehead atoms. The van der Waals surface area contributed by atoms with Crippen LogP contribution in [0.15, 0.2) is 101 Å².